The molecule has 1 amide bonds. The van der Waals surface area contributed by atoms with Crippen LogP contribution in [-0.2, 0) is 4.74 Å². The highest BCUT2D eigenvalue weighted by Crippen LogP contribution is 2.32. The number of ether oxygens (including phenoxy) is 2. The molecular formula is C13H19N3O3. The maximum atomic E-state index is 11.2. The zero-order chi connectivity index (χ0) is 13.7. The van der Waals surface area contributed by atoms with Crippen LogP contribution in [0.15, 0.2) is 12.1 Å². The van der Waals surface area contributed by atoms with Crippen LogP contribution in [0.1, 0.15) is 23.2 Å². The third-order valence-corrected chi connectivity index (χ3v) is 2.87. The Kier molecular flexibility index (Phi) is 4.46. The number of nitrogens with one attached hydrogen (secondary N) is 1. The second-order valence-corrected chi connectivity index (χ2v) is 4.40. The normalized spacial score (nSPS) is 16.4. The number of carbonyl (C=O) groups excluding carboxylic acids is 1. The molecule has 0 spiro atoms. The van der Waals surface area contributed by atoms with E-state index in [1.165, 1.54) is 0 Å². The molecule has 6 heteroatoms. The minimum atomic E-state index is -0.518. The van der Waals surface area contributed by atoms with Gasteiger partial charge in [0.2, 0.25) is 5.91 Å². The Balaban J connectivity index is 2.28. The van der Waals surface area contributed by atoms with E-state index in [2.05, 4.69) is 5.32 Å². The van der Waals surface area contributed by atoms with Crippen LogP contribution in [0, 0.1) is 0 Å². The van der Waals surface area contributed by atoms with E-state index in [0.717, 1.165) is 19.4 Å². The van der Waals surface area contributed by atoms with Crippen LogP contribution in [0.5, 0.6) is 5.75 Å². The van der Waals surface area contributed by atoms with Gasteiger partial charge in [0.25, 0.3) is 0 Å². The molecule has 104 valence electrons. The second-order valence-electron chi connectivity index (χ2n) is 4.40. The quantitative estimate of drug-likeness (QED) is 0.657. The van der Waals surface area contributed by atoms with E-state index in [-0.39, 0.29) is 0 Å². The number of benzene rings is 1. The number of anilines is 2. The SMILES string of the molecule is NC(=O)c1cc(N)c2c(c1)OCCCOCCCN2. The van der Waals surface area contributed by atoms with Crippen LogP contribution in [0.2, 0.25) is 0 Å². The molecule has 0 atom stereocenters. The van der Waals surface area contributed by atoms with Gasteiger partial charge >= 0.3 is 0 Å². The molecule has 0 radical (unpaired) electrons. The summed E-state index contributed by atoms with van der Waals surface area (Å²) in [6.07, 6.45) is 1.68. The fraction of sp³-hybridized carbons (Fsp3) is 0.462. The zero-order valence-electron chi connectivity index (χ0n) is 10.8. The molecule has 2 rings (SSSR count). The number of hydrogen-bond acceptors (Lipinski definition) is 5. The van der Waals surface area contributed by atoms with E-state index in [9.17, 15) is 4.79 Å². The van der Waals surface area contributed by atoms with Gasteiger partial charge in [-0.15, -0.1) is 0 Å². The van der Waals surface area contributed by atoms with Gasteiger partial charge < -0.3 is 26.3 Å². The standard InChI is InChI=1S/C13H19N3O3/c14-10-7-9(13(15)17)8-11-12(10)16-3-1-4-18-5-2-6-19-11/h7-8,16H,1-6,14H2,(H2,15,17). The van der Waals surface area contributed by atoms with Crippen LogP contribution in [-0.4, -0.2) is 32.3 Å². The van der Waals surface area contributed by atoms with E-state index >= 15 is 0 Å². The molecular weight excluding hydrogens is 246 g/mol. The summed E-state index contributed by atoms with van der Waals surface area (Å²) in [4.78, 5) is 11.2. The molecule has 5 N–H and O–H groups in total. The number of carbonyl (C=O) groups is 1. The van der Waals surface area contributed by atoms with E-state index < -0.39 is 5.91 Å². The van der Waals surface area contributed by atoms with E-state index in [4.69, 9.17) is 20.9 Å². The molecule has 0 bridgehead atoms. The van der Waals surface area contributed by atoms with Gasteiger partial charge in [0.1, 0.15) is 11.4 Å². The number of rotatable bonds is 1. The van der Waals surface area contributed by atoms with Crippen molar-refractivity contribution < 1.29 is 14.3 Å². The lowest BCUT2D eigenvalue weighted by molar-refractivity contribution is 0.0999. The topological polar surface area (TPSA) is 99.6 Å². The summed E-state index contributed by atoms with van der Waals surface area (Å²) in [5.41, 5.74) is 12.8. The number of primary amides is 1. The molecule has 1 aliphatic heterocycles. The van der Waals surface area contributed by atoms with Crippen molar-refractivity contribution in [3.8, 4) is 5.75 Å². The number of hydrogen-bond donors (Lipinski definition) is 3. The van der Waals surface area contributed by atoms with Crippen molar-refractivity contribution >= 4 is 17.3 Å². The molecule has 0 saturated heterocycles. The Morgan fingerprint density at radius 3 is 2.79 bits per heavy atom. The number of amides is 1. The first-order valence-corrected chi connectivity index (χ1v) is 6.36. The molecule has 0 fully saturated rings. The molecule has 1 aromatic rings. The Morgan fingerprint density at radius 1 is 1.21 bits per heavy atom. The van der Waals surface area contributed by atoms with Gasteiger partial charge in [-0.3, -0.25) is 4.79 Å². The average molecular weight is 265 g/mol. The predicted molar refractivity (Wildman–Crippen MR) is 73.4 cm³/mol. The maximum Gasteiger partial charge on any atom is 0.248 e. The van der Waals surface area contributed by atoms with Gasteiger partial charge in [-0.2, -0.15) is 0 Å². The van der Waals surface area contributed by atoms with E-state index in [0.29, 0.717) is 42.5 Å². The highest BCUT2D eigenvalue weighted by atomic mass is 16.5. The van der Waals surface area contributed by atoms with Crippen molar-refractivity contribution in [3.63, 3.8) is 0 Å². The minimum Gasteiger partial charge on any atom is -0.491 e. The average Bonchev–Trinajstić information content (AvgIpc) is 2.42. The molecule has 1 heterocycles. The minimum absolute atomic E-state index is 0.351. The van der Waals surface area contributed by atoms with Gasteiger partial charge in [0.05, 0.1) is 12.3 Å². The van der Waals surface area contributed by atoms with Crippen LogP contribution in [0.4, 0.5) is 11.4 Å². The lowest BCUT2D eigenvalue weighted by atomic mass is 10.1. The molecule has 19 heavy (non-hydrogen) atoms. The number of nitrogens with two attached hydrogens (primary N) is 2. The molecule has 0 unspecified atom stereocenters. The third kappa shape index (κ3) is 3.51. The summed E-state index contributed by atoms with van der Waals surface area (Å²) in [5, 5.41) is 3.21. The summed E-state index contributed by atoms with van der Waals surface area (Å²) < 4.78 is 11.1. The molecule has 1 aromatic carbocycles. The Bertz CT molecular complexity index is 463. The highest BCUT2D eigenvalue weighted by molar-refractivity contribution is 5.96. The van der Waals surface area contributed by atoms with Crippen LogP contribution in [0.3, 0.4) is 0 Å². The van der Waals surface area contributed by atoms with Gasteiger partial charge in [-0.05, 0) is 18.6 Å². The van der Waals surface area contributed by atoms with Gasteiger partial charge in [-0.1, -0.05) is 0 Å². The first-order valence-electron chi connectivity index (χ1n) is 6.36. The van der Waals surface area contributed by atoms with Crippen LogP contribution >= 0.6 is 0 Å². The van der Waals surface area contributed by atoms with Gasteiger partial charge in [0, 0.05) is 31.7 Å². The van der Waals surface area contributed by atoms with E-state index in [1.54, 1.807) is 12.1 Å². The Labute approximate surface area is 112 Å². The predicted octanol–water partition coefficient (Wildman–Crippen LogP) is 0.969. The largest absolute Gasteiger partial charge is 0.491 e. The maximum absolute atomic E-state index is 11.2. The van der Waals surface area contributed by atoms with E-state index in [1.807, 2.05) is 0 Å². The van der Waals surface area contributed by atoms with Crippen LogP contribution < -0.4 is 21.5 Å². The molecule has 0 saturated carbocycles. The smallest absolute Gasteiger partial charge is 0.248 e. The zero-order valence-corrected chi connectivity index (χ0v) is 10.8. The molecule has 0 aliphatic carbocycles. The summed E-state index contributed by atoms with van der Waals surface area (Å²) in [7, 11) is 0. The molecule has 1 aliphatic rings. The molecule has 0 aromatic heterocycles. The fourth-order valence-electron chi connectivity index (χ4n) is 1.92. The summed E-state index contributed by atoms with van der Waals surface area (Å²) >= 11 is 0. The van der Waals surface area contributed by atoms with Gasteiger partial charge in [0.15, 0.2) is 0 Å². The Morgan fingerprint density at radius 2 is 2.00 bits per heavy atom. The number of nitrogen functional groups attached to an aromatic ring is 1. The van der Waals surface area contributed by atoms with Crippen molar-refractivity contribution in [2.24, 2.45) is 5.73 Å². The lowest BCUT2D eigenvalue weighted by Gasteiger charge is -2.15. The second kappa shape index (κ2) is 6.29. The van der Waals surface area contributed by atoms with Crippen molar-refractivity contribution in [2.75, 3.05) is 37.4 Å². The number of fused-ring (bicyclic) bond motifs is 1. The fourth-order valence-corrected chi connectivity index (χ4v) is 1.92. The van der Waals surface area contributed by atoms with Crippen molar-refractivity contribution in [1.82, 2.24) is 0 Å². The molecule has 6 nitrogen and oxygen atoms in total. The van der Waals surface area contributed by atoms with Crippen molar-refractivity contribution in [1.29, 1.82) is 0 Å². The third-order valence-electron chi connectivity index (χ3n) is 2.87. The summed E-state index contributed by atoms with van der Waals surface area (Å²) in [5.74, 6) is 0.0476. The highest BCUT2D eigenvalue weighted by Gasteiger charge is 2.13. The lowest BCUT2D eigenvalue weighted by Crippen LogP contribution is -2.14. The Hall–Kier alpha value is -1.95. The van der Waals surface area contributed by atoms with Crippen molar-refractivity contribution in [3.05, 3.63) is 17.7 Å². The first kappa shape index (κ1) is 13.5. The van der Waals surface area contributed by atoms with Crippen LogP contribution in [0.25, 0.3) is 0 Å². The first-order chi connectivity index (χ1) is 9.18. The summed E-state index contributed by atoms with van der Waals surface area (Å²) in [6.45, 7) is 2.62. The van der Waals surface area contributed by atoms with Gasteiger partial charge in [-0.25, -0.2) is 0 Å². The summed E-state index contributed by atoms with van der Waals surface area (Å²) in [6, 6.07) is 3.19. The monoisotopic (exact) mass is 265 g/mol. The van der Waals surface area contributed by atoms with Crippen molar-refractivity contribution in [2.45, 2.75) is 12.8 Å².